The first kappa shape index (κ1) is 21.4. The topological polar surface area (TPSA) is 28.6 Å². The average molecular weight is 693 g/mol. The number of rotatable bonds is 4. The smallest absolute Gasteiger partial charge is 0.107 e. The van der Waals surface area contributed by atoms with Crippen LogP contribution in [0.4, 0.5) is 5.69 Å². The van der Waals surface area contributed by atoms with E-state index in [1.54, 1.807) is 33.8 Å². The zero-order valence-electron chi connectivity index (χ0n) is 22.8. The summed E-state index contributed by atoms with van der Waals surface area (Å²) in [6.45, 7) is 5.89. The molecule has 0 unspecified atom stereocenters. The van der Waals surface area contributed by atoms with E-state index in [1.165, 1.54) is 33.4 Å². The summed E-state index contributed by atoms with van der Waals surface area (Å²) in [7, 11) is 0. The first-order chi connectivity index (χ1) is 18.1. The van der Waals surface area contributed by atoms with Crippen molar-refractivity contribution >= 4 is 48.5 Å². The molecule has 1 aliphatic heterocycles. The van der Waals surface area contributed by atoms with Gasteiger partial charge in [0.25, 0.3) is 0 Å². The predicted octanol–water partition coefficient (Wildman–Crippen LogP) is 8.21. The number of nitrogens with zero attached hydrogens (tertiary/aromatic N) is 3. The summed E-state index contributed by atoms with van der Waals surface area (Å²) in [6.07, 6.45) is 5.08. The van der Waals surface area contributed by atoms with E-state index in [4.69, 9.17) is 13.8 Å². The molecule has 0 aliphatic carbocycles. The Morgan fingerprint density at radius 2 is 2.00 bits per heavy atom. The van der Waals surface area contributed by atoms with Crippen LogP contribution in [0.3, 0.4) is 0 Å². The summed E-state index contributed by atoms with van der Waals surface area (Å²) in [5, 5.41) is 4.89. The molecule has 3 aromatic heterocycles. The Kier molecular flexibility index (Phi) is 5.75. The minimum atomic E-state index is -2.24. The zero-order chi connectivity index (χ0) is 26.7. The van der Waals surface area contributed by atoms with E-state index >= 15 is 0 Å². The van der Waals surface area contributed by atoms with E-state index in [0.717, 1.165) is 21.3 Å². The Labute approximate surface area is 238 Å². The van der Waals surface area contributed by atoms with Crippen LogP contribution < -0.4 is 9.64 Å². The van der Waals surface area contributed by atoms with Crippen molar-refractivity contribution in [2.75, 3.05) is 11.9 Å². The average Bonchev–Trinajstić information content (AvgIpc) is 3.62. The van der Waals surface area contributed by atoms with Gasteiger partial charge in [0.1, 0.15) is 5.06 Å². The molecule has 0 spiro atoms. The third kappa shape index (κ3) is 4.70. The zero-order valence-corrected chi connectivity index (χ0v) is 23.7. The fourth-order valence-electron chi connectivity index (χ4n) is 4.07. The minimum absolute atomic E-state index is 0. The van der Waals surface area contributed by atoms with Crippen molar-refractivity contribution < 1.29 is 29.9 Å². The van der Waals surface area contributed by atoms with E-state index in [9.17, 15) is 0 Å². The summed E-state index contributed by atoms with van der Waals surface area (Å²) in [5.41, 5.74) is 3.87. The molecule has 0 radical (unpaired) electrons. The van der Waals surface area contributed by atoms with Gasteiger partial charge in [0.15, 0.2) is 0 Å². The molecule has 186 valence electrons. The third-order valence-electron chi connectivity index (χ3n) is 5.91. The van der Waals surface area contributed by atoms with Crippen LogP contribution >= 0.6 is 22.7 Å². The van der Waals surface area contributed by atoms with Crippen LogP contribution in [0.2, 0.25) is 0 Å². The number of hydrogen-bond donors (Lipinski definition) is 0. The van der Waals surface area contributed by atoms with Crippen LogP contribution in [-0.2, 0) is 26.5 Å². The van der Waals surface area contributed by atoms with Crippen LogP contribution in [0.15, 0.2) is 66.4 Å². The van der Waals surface area contributed by atoms with Crippen LogP contribution in [0.5, 0.6) is 10.8 Å². The minimum Gasteiger partial charge on any atom is -0.510 e. The molecule has 0 saturated heterocycles. The SMILES string of the molecule is [2H]C([2H])([2H])N1C=CN(c2[c-]c(Oc3[c-]c4c(-c5cc(C(C)(C)C)ccn5)cc5sccc5c4s3)ccc2)[CH-]1.[Pt]. The van der Waals surface area contributed by atoms with Gasteiger partial charge in [-0.05, 0) is 53.3 Å². The molecule has 0 fully saturated rings. The van der Waals surface area contributed by atoms with E-state index in [0.29, 0.717) is 16.5 Å². The Hall–Kier alpha value is -2.66. The predicted molar refractivity (Wildman–Crippen MR) is 147 cm³/mol. The van der Waals surface area contributed by atoms with Crippen LogP contribution in [0.1, 0.15) is 30.4 Å². The summed E-state index contributed by atoms with van der Waals surface area (Å²) in [4.78, 5) is 7.61. The number of ether oxygens (including phenoxy) is 1. The van der Waals surface area contributed by atoms with Crippen LogP contribution in [0, 0.1) is 18.8 Å². The van der Waals surface area contributed by atoms with Crippen molar-refractivity contribution in [2.45, 2.75) is 26.2 Å². The van der Waals surface area contributed by atoms with Gasteiger partial charge in [0.2, 0.25) is 0 Å². The molecule has 36 heavy (non-hydrogen) atoms. The second-order valence-electron chi connectivity index (χ2n) is 9.39. The van der Waals surface area contributed by atoms with Gasteiger partial charge in [0.05, 0.1) is 0 Å². The Morgan fingerprint density at radius 3 is 2.81 bits per heavy atom. The maximum Gasteiger partial charge on any atom is 0.107 e. The number of thiophene rings is 2. The second-order valence-corrected chi connectivity index (χ2v) is 11.3. The van der Waals surface area contributed by atoms with Crippen molar-refractivity contribution in [1.29, 1.82) is 0 Å². The Morgan fingerprint density at radius 1 is 1.11 bits per heavy atom. The monoisotopic (exact) mass is 692 g/mol. The molecular weight excluding hydrogens is 666 g/mol. The Balaban J connectivity index is 0.00000308. The van der Waals surface area contributed by atoms with Crippen molar-refractivity contribution in [3.8, 4) is 22.1 Å². The normalized spacial score (nSPS) is 15.1. The van der Waals surface area contributed by atoms with Gasteiger partial charge in [-0.25, -0.2) is 0 Å². The van der Waals surface area contributed by atoms with Gasteiger partial charge in [-0.15, -0.1) is 41.3 Å². The first-order valence-corrected chi connectivity index (χ1v) is 12.9. The molecule has 0 atom stereocenters. The molecule has 0 saturated carbocycles. The summed E-state index contributed by atoms with van der Waals surface area (Å²) in [6, 6.07) is 20.9. The van der Waals surface area contributed by atoms with Crippen LogP contribution in [0.25, 0.3) is 31.4 Å². The molecule has 0 N–H and O–H groups in total. The number of fused-ring (bicyclic) bond motifs is 3. The van der Waals surface area contributed by atoms with Gasteiger partial charge in [-0.3, -0.25) is 4.98 Å². The standard InChI is InChI=1S/C29H24N3OS2.Pt/c1-29(2,3)19-8-10-30-25(14-19)23-16-26-22(9-13-34-26)28-24(23)17-27(35-28)33-21-7-5-6-20(15-21)32-12-11-31(4)18-32;/h5-14,16,18H,1-4H3;/q-3;/i4D3;. The molecule has 7 heteroatoms. The maximum absolute atomic E-state index is 7.60. The summed E-state index contributed by atoms with van der Waals surface area (Å²) < 4.78 is 31.4. The summed E-state index contributed by atoms with van der Waals surface area (Å²) in [5.74, 6) is 0.524. The van der Waals surface area contributed by atoms with Crippen molar-refractivity contribution in [1.82, 2.24) is 9.88 Å². The van der Waals surface area contributed by atoms with Gasteiger partial charge in [-0.2, -0.15) is 29.5 Å². The van der Waals surface area contributed by atoms with Gasteiger partial charge in [-0.1, -0.05) is 43.2 Å². The molecule has 6 rings (SSSR count). The molecule has 0 bridgehead atoms. The summed E-state index contributed by atoms with van der Waals surface area (Å²) >= 11 is 3.26. The molecule has 0 amide bonds. The van der Waals surface area contributed by atoms with Crippen LogP contribution in [-0.4, -0.2) is 16.9 Å². The van der Waals surface area contributed by atoms with Crippen molar-refractivity contribution in [3.63, 3.8) is 0 Å². The molecule has 4 heterocycles. The molecule has 5 aromatic rings. The quantitative estimate of drug-likeness (QED) is 0.178. The fraction of sp³-hybridized carbons (Fsp3) is 0.172. The maximum atomic E-state index is 7.60. The second kappa shape index (κ2) is 9.66. The molecule has 1 aliphatic rings. The third-order valence-corrected chi connectivity index (χ3v) is 7.77. The Bertz CT molecular complexity index is 1690. The fourth-order valence-corrected chi connectivity index (χ4v) is 5.99. The van der Waals surface area contributed by atoms with Gasteiger partial charge >= 0.3 is 0 Å². The van der Waals surface area contributed by atoms with E-state index in [-0.39, 0.29) is 26.5 Å². The van der Waals surface area contributed by atoms with Gasteiger partial charge < -0.3 is 14.5 Å². The van der Waals surface area contributed by atoms with Crippen molar-refractivity contribution in [3.05, 3.63) is 90.8 Å². The van der Waals surface area contributed by atoms with Gasteiger partial charge in [0, 0.05) is 47.5 Å². The molecule has 2 aromatic carbocycles. The van der Waals surface area contributed by atoms with Crippen molar-refractivity contribution in [2.24, 2.45) is 0 Å². The largest absolute Gasteiger partial charge is 0.510 e. The first-order valence-electron chi connectivity index (χ1n) is 12.7. The number of aromatic nitrogens is 1. The number of hydrogen-bond acceptors (Lipinski definition) is 6. The number of anilines is 1. The van der Waals surface area contributed by atoms with E-state index < -0.39 is 6.98 Å². The number of pyridine rings is 1. The van der Waals surface area contributed by atoms with E-state index in [1.807, 2.05) is 24.4 Å². The van der Waals surface area contributed by atoms with E-state index in [2.05, 4.69) is 62.5 Å². The number of benzene rings is 2. The molecule has 4 nitrogen and oxygen atoms in total. The molecular formula is C29H24N3OPtS2-3.